The van der Waals surface area contributed by atoms with Gasteiger partial charge in [-0.05, 0) is 69.8 Å². The molecule has 176 valence electrons. The van der Waals surface area contributed by atoms with Crippen molar-refractivity contribution in [1.82, 2.24) is 14.7 Å². The highest BCUT2D eigenvalue weighted by Gasteiger charge is 2.31. The minimum atomic E-state index is -0.486. The lowest BCUT2D eigenvalue weighted by Gasteiger charge is -2.24. The summed E-state index contributed by atoms with van der Waals surface area (Å²) in [5.41, 5.74) is 4.03. The van der Waals surface area contributed by atoms with Gasteiger partial charge in [0.15, 0.2) is 0 Å². The molecule has 1 aromatic heterocycles. The van der Waals surface area contributed by atoms with E-state index < -0.39 is 5.92 Å². The second-order valence-electron chi connectivity index (χ2n) is 8.94. The highest BCUT2D eigenvalue weighted by Crippen LogP contribution is 2.44. The Hall–Kier alpha value is -3.52. The summed E-state index contributed by atoms with van der Waals surface area (Å²) >= 11 is 0. The third kappa shape index (κ3) is 4.21. The molecule has 8 heteroatoms. The van der Waals surface area contributed by atoms with Crippen molar-refractivity contribution in [2.24, 2.45) is 10.9 Å². The lowest BCUT2D eigenvalue weighted by Crippen LogP contribution is -2.28. The van der Waals surface area contributed by atoms with Gasteiger partial charge in [-0.25, -0.2) is 4.39 Å². The van der Waals surface area contributed by atoms with Gasteiger partial charge in [0.25, 0.3) is 0 Å². The molecular weight excluding hydrogens is 435 g/mol. The Kier molecular flexibility index (Phi) is 5.91. The van der Waals surface area contributed by atoms with Crippen LogP contribution in [0.5, 0.6) is 11.5 Å². The molecule has 0 bridgehead atoms. The average molecular weight is 463 g/mol. The third-order valence-electron chi connectivity index (χ3n) is 6.62. The molecule has 0 N–H and O–H groups in total. The summed E-state index contributed by atoms with van der Waals surface area (Å²) in [6, 6.07) is 10.1. The van der Waals surface area contributed by atoms with E-state index in [-0.39, 0.29) is 11.8 Å². The summed E-state index contributed by atoms with van der Waals surface area (Å²) in [7, 11) is 3.50. The largest absolute Gasteiger partial charge is 0.469 e. The van der Waals surface area contributed by atoms with E-state index in [2.05, 4.69) is 22.0 Å². The molecule has 0 amide bonds. The number of esters is 1. The van der Waals surface area contributed by atoms with Crippen molar-refractivity contribution in [1.29, 1.82) is 0 Å². The number of rotatable bonds is 5. The van der Waals surface area contributed by atoms with Crippen LogP contribution in [0.3, 0.4) is 0 Å². The van der Waals surface area contributed by atoms with Crippen molar-refractivity contribution in [2.45, 2.75) is 25.8 Å². The minimum absolute atomic E-state index is 0.328. The van der Waals surface area contributed by atoms with E-state index in [1.807, 2.05) is 36.1 Å². The molecule has 5 rings (SSSR count). The van der Waals surface area contributed by atoms with Crippen molar-refractivity contribution in [2.75, 3.05) is 27.2 Å². The summed E-state index contributed by atoms with van der Waals surface area (Å²) in [5.74, 6) is -0.0566. The molecule has 2 atom stereocenters. The maximum Gasteiger partial charge on any atom is 0.314 e. The SMILES string of the molecule is COC(=O)C1Cc2c(ccc(-c3cnn(C4CCN(C)C4)c3)c2Oc2ccc(F)cc2)N=C1C. The van der Waals surface area contributed by atoms with Gasteiger partial charge in [0.2, 0.25) is 0 Å². The molecule has 1 fully saturated rings. The van der Waals surface area contributed by atoms with Gasteiger partial charge in [0.1, 0.15) is 17.3 Å². The van der Waals surface area contributed by atoms with Crippen LogP contribution in [0.4, 0.5) is 10.1 Å². The monoisotopic (exact) mass is 462 g/mol. The Morgan fingerprint density at radius 2 is 1.97 bits per heavy atom. The number of carbonyl (C=O) groups excluding carboxylic acids is 1. The standard InChI is InChI=1S/C26H27FN4O3/c1-16-22(26(32)33-3)12-23-24(29-16)9-8-21(25(23)34-20-6-4-18(27)5-7-20)17-13-28-31(14-17)19-10-11-30(2)15-19/h4-9,13-14,19,22H,10-12,15H2,1-3H3. The molecule has 2 unspecified atom stereocenters. The number of methoxy groups -OCH3 is 1. The van der Waals surface area contributed by atoms with Gasteiger partial charge in [-0.2, -0.15) is 5.10 Å². The number of benzene rings is 2. The second-order valence-corrected chi connectivity index (χ2v) is 8.94. The number of likely N-dealkylation sites (tertiary alicyclic amines) is 1. The lowest BCUT2D eigenvalue weighted by atomic mass is 9.88. The van der Waals surface area contributed by atoms with Gasteiger partial charge in [-0.15, -0.1) is 0 Å². The molecule has 34 heavy (non-hydrogen) atoms. The number of nitrogens with zero attached hydrogens (tertiary/aromatic N) is 4. The maximum atomic E-state index is 13.5. The minimum Gasteiger partial charge on any atom is -0.469 e. The third-order valence-corrected chi connectivity index (χ3v) is 6.62. The number of likely N-dealkylation sites (N-methyl/N-ethyl adjacent to an activating group) is 1. The quantitative estimate of drug-likeness (QED) is 0.510. The lowest BCUT2D eigenvalue weighted by molar-refractivity contribution is -0.143. The zero-order valence-corrected chi connectivity index (χ0v) is 19.5. The first kappa shape index (κ1) is 22.3. The van der Waals surface area contributed by atoms with Crippen LogP contribution in [0.2, 0.25) is 0 Å². The molecule has 3 aromatic rings. The van der Waals surface area contributed by atoms with Gasteiger partial charge >= 0.3 is 5.97 Å². The van der Waals surface area contributed by atoms with Gasteiger partial charge < -0.3 is 14.4 Å². The van der Waals surface area contributed by atoms with Crippen LogP contribution in [0.1, 0.15) is 24.9 Å². The zero-order chi connectivity index (χ0) is 23.8. The second kappa shape index (κ2) is 9.02. The van der Waals surface area contributed by atoms with Crippen LogP contribution < -0.4 is 4.74 Å². The van der Waals surface area contributed by atoms with E-state index in [0.29, 0.717) is 29.7 Å². The molecule has 0 spiro atoms. The van der Waals surface area contributed by atoms with Crippen molar-refractivity contribution < 1.29 is 18.7 Å². The van der Waals surface area contributed by atoms with Crippen LogP contribution in [0.25, 0.3) is 11.1 Å². The number of halogens is 1. The summed E-state index contributed by atoms with van der Waals surface area (Å²) in [6.45, 7) is 3.84. The first-order valence-corrected chi connectivity index (χ1v) is 11.4. The molecule has 0 radical (unpaired) electrons. The number of aromatic nitrogens is 2. The van der Waals surface area contributed by atoms with E-state index in [4.69, 9.17) is 9.47 Å². The Morgan fingerprint density at radius 3 is 2.68 bits per heavy atom. The molecule has 1 saturated heterocycles. The van der Waals surface area contributed by atoms with E-state index in [1.54, 1.807) is 12.1 Å². The molecule has 2 aromatic carbocycles. The molecule has 0 saturated carbocycles. The van der Waals surface area contributed by atoms with Crippen molar-refractivity contribution in [3.05, 3.63) is 60.2 Å². The smallest absolute Gasteiger partial charge is 0.314 e. The molecular formula is C26H27FN4O3. The topological polar surface area (TPSA) is 69.0 Å². The molecule has 7 nitrogen and oxygen atoms in total. The summed E-state index contributed by atoms with van der Waals surface area (Å²) in [6.07, 6.45) is 5.34. The predicted octanol–water partition coefficient (Wildman–Crippen LogP) is 4.80. The molecule has 3 heterocycles. The van der Waals surface area contributed by atoms with Gasteiger partial charge in [-0.3, -0.25) is 14.5 Å². The van der Waals surface area contributed by atoms with Crippen molar-refractivity contribution in [3.63, 3.8) is 0 Å². The Bertz CT molecular complexity index is 1250. The van der Waals surface area contributed by atoms with Crippen LogP contribution in [0.15, 0.2) is 53.8 Å². The van der Waals surface area contributed by atoms with E-state index >= 15 is 0 Å². The number of aliphatic imine (C=N–C) groups is 1. The van der Waals surface area contributed by atoms with Crippen molar-refractivity contribution in [3.8, 4) is 22.6 Å². The summed E-state index contributed by atoms with van der Waals surface area (Å²) in [5, 5.41) is 4.63. The molecule has 2 aliphatic heterocycles. The normalized spacial score (nSPS) is 20.1. The summed E-state index contributed by atoms with van der Waals surface area (Å²) < 4.78 is 26.9. The number of ether oxygens (including phenoxy) is 2. The van der Waals surface area contributed by atoms with E-state index in [1.165, 1.54) is 19.2 Å². The summed E-state index contributed by atoms with van der Waals surface area (Å²) in [4.78, 5) is 19.4. The van der Waals surface area contributed by atoms with E-state index in [0.717, 1.165) is 41.9 Å². The Labute approximate surface area is 197 Å². The van der Waals surface area contributed by atoms with Gasteiger partial charge in [-0.1, -0.05) is 0 Å². The Morgan fingerprint density at radius 1 is 1.18 bits per heavy atom. The van der Waals surface area contributed by atoms with Crippen molar-refractivity contribution >= 4 is 17.4 Å². The van der Waals surface area contributed by atoms with Crippen LogP contribution in [-0.4, -0.2) is 53.6 Å². The van der Waals surface area contributed by atoms with Gasteiger partial charge in [0, 0.05) is 35.1 Å². The van der Waals surface area contributed by atoms with E-state index in [9.17, 15) is 9.18 Å². The highest BCUT2D eigenvalue weighted by molar-refractivity contribution is 6.04. The number of hydrogen-bond acceptors (Lipinski definition) is 6. The molecule has 2 aliphatic rings. The number of fused-ring (bicyclic) bond motifs is 1. The average Bonchev–Trinajstić information content (AvgIpc) is 3.49. The Balaban J connectivity index is 1.59. The fourth-order valence-electron chi connectivity index (χ4n) is 4.70. The number of hydrogen-bond donors (Lipinski definition) is 0. The van der Waals surface area contributed by atoms with Crippen LogP contribution in [0, 0.1) is 11.7 Å². The first-order chi connectivity index (χ1) is 16.4. The van der Waals surface area contributed by atoms with Crippen LogP contribution >= 0.6 is 0 Å². The van der Waals surface area contributed by atoms with Crippen LogP contribution in [-0.2, 0) is 16.0 Å². The molecule has 0 aliphatic carbocycles. The first-order valence-electron chi connectivity index (χ1n) is 11.4. The maximum absolute atomic E-state index is 13.5. The zero-order valence-electron chi connectivity index (χ0n) is 19.5. The fourth-order valence-corrected chi connectivity index (χ4v) is 4.70. The fraction of sp³-hybridized carbons (Fsp3) is 0.346. The number of carbonyl (C=O) groups is 1. The predicted molar refractivity (Wildman–Crippen MR) is 127 cm³/mol. The van der Waals surface area contributed by atoms with Gasteiger partial charge in [0.05, 0.1) is 31.0 Å². The highest BCUT2D eigenvalue weighted by atomic mass is 19.1.